The van der Waals surface area contributed by atoms with Crippen molar-refractivity contribution in [2.75, 3.05) is 25.9 Å². The van der Waals surface area contributed by atoms with Gasteiger partial charge in [0.05, 0.1) is 18.0 Å². The summed E-state index contributed by atoms with van der Waals surface area (Å²) in [5, 5.41) is 4.35. The number of aromatic nitrogens is 2. The third-order valence-electron chi connectivity index (χ3n) is 4.09. The highest BCUT2D eigenvalue weighted by atomic mass is 32.2. The van der Waals surface area contributed by atoms with Crippen LogP contribution in [-0.4, -0.2) is 49.0 Å². The predicted molar refractivity (Wildman–Crippen MR) is 89.5 cm³/mol. The average Bonchev–Trinajstić information content (AvgIpc) is 2.99. The van der Waals surface area contributed by atoms with Crippen molar-refractivity contribution in [3.8, 4) is 0 Å². The molecule has 2 heterocycles. The van der Waals surface area contributed by atoms with E-state index in [0.29, 0.717) is 6.54 Å². The van der Waals surface area contributed by atoms with E-state index in [2.05, 4.69) is 39.0 Å². The van der Waals surface area contributed by atoms with Gasteiger partial charge in [0.1, 0.15) is 0 Å². The van der Waals surface area contributed by atoms with Crippen molar-refractivity contribution in [3.05, 3.63) is 53.9 Å². The number of fused-ring (bicyclic) bond motifs is 1. The summed E-state index contributed by atoms with van der Waals surface area (Å²) >= 11 is 0. The summed E-state index contributed by atoms with van der Waals surface area (Å²) in [5.41, 5.74) is 2.45. The summed E-state index contributed by atoms with van der Waals surface area (Å²) in [6.07, 6.45) is 3.96. The first-order valence-electron chi connectivity index (χ1n) is 7.74. The number of rotatable bonds is 6. The van der Waals surface area contributed by atoms with Gasteiger partial charge < -0.3 is 0 Å². The molecular weight excluding hydrogens is 312 g/mol. The Kier molecular flexibility index (Phi) is 4.79. The summed E-state index contributed by atoms with van der Waals surface area (Å²) in [6.45, 7) is 2.96. The summed E-state index contributed by atoms with van der Waals surface area (Å²) in [7, 11) is -3.19. The molecule has 124 valence electrons. The minimum atomic E-state index is -3.19. The average molecular weight is 334 g/mol. The number of hydrogen-bond donors (Lipinski definition) is 1. The van der Waals surface area contributed by atoms with Gasteiger partial charge in [-0.25, -0.2) is 13.1 Å². The van der Waals surface area contributed by atoms with Crippen LogP contribution in [0.25, 0.3) is 0 Å². The molecule has 3 rings (SSSR count). The van der Waals surface area contributed by atoms with Crippen molar-refractivity contribution < 1.29 is 8.42 Å². The van der Waals surface area contributed by atoms with E-state index in [9.17, 15) is 8.42 Å². The van der Waals surface area contributed by atoms with E-state index in [1.54, 1.807) is 6.20 Å². The Morgan fingerprint density at radius 1 is 1.26 bits per heavy atom. The van der Waals surface area contributed by atoms with E-state index in [-0.39, 0.29) is 6.04 Å². The Morgan fingerprint density at radius 2 is 2.04 bits per heavy atom. The molecule has 0 saturated carbocycles. The minimum absolute atomic E-state index is 0.0271. The third kappa shape index (κ3) is 4.40. The first-order valence-corrected chi connectivity index (χ1v) is 9.64. The summed E-state index contributed by atoms with van der Waals surface area (Å²) in [5.74, 6) is 0. The summed E-state index contributed by atoms with van der Waals surface area (Å²) in [4.78, 5) is 2.36. The second-order valence-corrected chi connectivity index (χ2v) is 7.85. The smallest absolute Gasteiger partial charge is 0.208 e. The summed E-state index contributed by atoms with van der Waals surface area (Å²) < 4.78 is 27.3. The molecular formula is C16H22N4O2S. The standard InChI is InChI=1S/C16H22N4O2S/c1-23(21,22)18-11-16-13-19(12-15-7-9-17-20(15)16)10-8-14-5-3-2-4-6-14/h2-7,9,16,18H,8,10-13H2,1H3. The molecule has 23 heavy (non-hydrogen) atoms. The molecule has 7 heteroatoms. The molecule has 1 aromatic heterocycles. The number of hydrogen-bond acceptors (Lipinski definition) is 4. The van der Waals surface area contributed by atoms with Crippen molar-refractivity contribution >= 4 is 10.0 Å². The maximum absolute atomic E-state index is 11.4. The van der Waals surface area contributed by atoms with Gasteiger partial charge in [-0.2, -0.15) is 5.10 Å². The lowest BCUT2D eigenvalue weighted by atomic mass is 10.1. The molecule has 1 aliphatic rings. The molecule has 1 aliphatic heterocycles. The molecule has 0 spiro atoms. The molecule has 1 atom stereocenters. The van der Waals surface area contributed by atoms with Gasteiger partial charge in [-0.1, -0.05) is 30.3 Å². The number of nitrogens with one attached hydrogen (secondary N) is 1. The highest BCUT2D eigenvalue weighted by Crippen LogP contribution is 2.20. The van der Waals surface area contributed by atoms with Crippen LogP contribution >= 0.6 is 0 Å². The van der Waals surface area contributed by atoms with E-state index < -0.39 is 10.0 Å². The van der Waals surface area contributed by atoms with Gasteiger partial charge in [0.15, 0.2) is 0 Å². The maximum Gasteiger partial charge on any atom is 0.208 e. The fraction of sp³-hybridized carbons (Fsp3) is 0.438. The van der Waals surface area contributed by atoms with Crippen LogP contribution in [0.1, 0.15) is 17.3 Å². The Labute approximate surface area is 137 Å². The zero-order valence-corrected chi connectivity index (χ0v) is 14.0. The Morgan fingerprint density at radius 3 is 2.78 bits per heavy atom. The van der Waals surface area contributed by atoms with Crippen molar-refractivity contribution in [2.24, 2.45) is 0 Å². The molecule has 1 N–H and O–H groups in total. The number of benzene rings is 1. The molecule has 0 amide bonds. The third-order valence-corrected chi connectivity index (χ3v) is 4.78. The van der Waals surface area contributed by atoms with Crippen LogP contribution in [0.2, 0.25) is 0 Å². The second kappa shape index (κ2) is 6.82. The predicted octanol–water partition coefficient (Wildman–Crippen LogP) is 1.03. The number of sulfonamides is 1. The minimum Gasteiger partial charge on any atom is -0.295 e. The van der Waals surface area contributed by atoms with E-state index in [0.717, 1.165) is 31.7 Å². The fourth-order valence-electron chi connectivity index (χ4n) is 2.97. The second-order valence-electron chi connectivity index (χ2n) is 6.01. The molecule has 6 nitrogen and oxygen atoms in total. The van der Waals surface area contributed by atoms with Crippen LogP contribution in [0.5, 0.6) is 0 Å². The van der Waals surface area contributed by atoms with E-state index in [4.69, 9.17) is 0 Å². The first kappa shape index (κ1) is 16.2. The van der Waals surface area contributed by atoms with E-state index >= 15 is 0 Å². The Bertz CT molecular complexity index is 742. The Hall–Kier alpha value is -1.70. The van der Waals surface area contributed by atoms with Gasteiger partial charge >= 0.3 is 0 Å². The molecule has 1 unspecified atom stereocenters. The topological polar surface area (TPSA) is 67.2 Å². The zero-order chi connectivity index (χ0) is 16.3. The molecule has 2 aromatic rings. The lowest BCUT2D eigenvalue weighted by Gasteiger charge is -2.34. The maximum atomic E-state index is 11.4. The molecule has 1 aromatic carbocycles. The van der Waals surface area contributed by atoms with Crippen LogP contribution in [0.3, 0.4) is 0 Å². The normalized spacial score (nSPS) is 18.7. The van der Waals surface area contributed by atoms with Crippen molar-refractivity contribution in [2.45, 2.75) is 19.0 Å². The van der Waals surface area contributed by atoms with Crippen LogP contribution in [0.4, 0.5) is 0 Å². The Balaban J connectivity index is 1.65. The molecule has 0 radical (unpaired) electrons. The highest BCUT2D eigenvalue weighted by molar-refractivity contribution is 7.88. The van der Waals surface area contributed by atoms with Gasteiger partial charge in [0.2, 0.25) is 10.0 Å². The zero-order valence-electron chi connectivity index (χ0n) is 13.2. The fourth-order valence-corrected chi connectivity index (χ4v) is 3.46. The lowest BCUT2D eigenvalue weighted by Crippen LogP contribution is -2.43. The molecule has 0 fully saturated rings. The lowest BCUT2D eigenvalue weighted by molar-refractivity contribution is 0.177. The molecule has 0 aliphatic carbocycles. The van der Waals surface area contributed by atoms with Crippen LogP contribution in [-0.2, 0) is 23.0 Å². The van der Waals surface area contributed by atoms with Crippen LogP contribution < -0.4 is 4.72 Å². The van der Waals surface area contributed by atoms with Gasteiger partial charge in [0, 0.05) is 32.4 Å². The summed E-state index contributed by atoms with van der Waals surface area (Å²) in [6, 6.07) is 12.4. The van der Waals surface area contributed by atoms with Gasteiger partial charge in [-0.05, 0) is 18.1 Å². The van der Waals surface area contributed by atoms with E-state index in [1.807, 2.05) is 16.8 Å². The van der Waals surface area contributed by atoms with Gasteiger partial charge in [-0.3, -0.25) is 9.58 Å². The largest absolute Gasteiger partial charge is 0.295 e. The monoisotopic (exact) mass is 334 g/mol. The van der Waals surface area contributed by atoms with Crippen LogP contribution in [0.15, 0.2) is 42.6 Å². The van der Waals surface area contributed by atoms with Gasteiger partial charge in [-0.15, -0.1) is 0 Å². The van der Waals surface area contributed by atoms with Crippen molar-refractivity contribution in [1.82, 2.24) is 19.4 Å². The molecule has 0 saturated heterocycles. The SMILES string of the molecule is CS(=O)(=O)NCC1CN(CCc2ccccc2)Cc2ccnn21. The van der Waals surface area contributed by atoms with Crippen LogP contribution in [0, 0.1) is 0 Å². The van der Waals surface area contributed by atoms with Crippen molar-refractivity contribution in [1.29, 1.82) is 0 Å². The quantitative estimate of drug-likeness (QED) is 0.857. The van der Waals surface area contributed by atoms with E-state index in [1.165, 1.54) is 11.8 Å². The van der Waals surface area contributed by atoms with Crippen molar-refractivity contribution in [3.63, 3.8) is 0 Å². The molecule has 0 bridgehead atoms. The highest BCUT2D eigenvalue weighted by Gasteiger charge is 2.25. The first-order chi connectivity index (χ1) is 11.0. The number of nitrogens with zero attached hydrogens (tertiary/aromatic N) is 3. The van der Waals surface area contributed by atoms with Gasteiger partial charge in [0.25, 0.3) is 0 Å².